The van der Waals surface area contributed by atoms with E-state index < -0.39 is 32.7 Å². The first-order chi connectivity index (χ1) is 15.4. The molecular formula is C23H20ClF3N2O3S. The molecule has 0 aliphatic carbocycles. The van der Waals surface area contributed by atoms with Crippen LogP contribution in [0.1, 0.15) is 27.0 Å². The molecule has 0 aliphatic rings. The largest absolute Gasteiger partial charge is 0.417 e. The number of rotatable bonds is 6. The molecule has 0 heterocycles. The van der Waals surface area contributed by atoms with Crippen LogP contribution in [0.15, 0.2) is 66.7 Å². The zero-order valence-electron chi connectivity index (χ0n) is 17.7. The smallest absolute Gasteiger partial charge is 0.322 e. The van der Waals surface area contributed by atoms with E-state index in [0.29, 0.717) is 5.69 Å². The van der Waals surface area contributed by atoms with Crippen molar-refractivity contribution in [2.24, 2.45) is 0 Å². The molecule has 0 aliphatic heterocycles. The van der Waals surface area contributed by atoms with Crippen LogP contribution in [0.3, 0.4) is 0 Å². The summed E-state index contributed by atoms with van der Waals surface area (Å²) in [6.45, 7) is 1.99. The molecule has 3 aromatic rings. The van der Waals surface area contributed by atoms with Gasteiger partial charge in [0.25, 0.3) is 5.91 Å². The SMILES string of the molecule is Cc1ccccc1CN(c1ccc(C(=O)Nc2ccc(Cl)c(C(F)(F)F)c2)cc1)S(C)(=O)=O. The number of benzene rings is 3. The highest BCUT2D eigenvalue weighted by atomic mass is 35.5. The van der Waals surface area contributed by atoms with Gasteiger partial charge in [0.1, 0.15) is 0 Å². The number of nitrogens with zero attached hydrogens (tertiary/aromatic N) is 1. The monoisotopic (exact) mass is 496 g/mol. The average Bonchev–Trinajstić information content (AvgIpc) is 2.73. The summed E-state index contributed by atoms with van der Waals surface area (Å²) < 4.78 is 65.1. The molecule has 174 valence electrons. The number of carbonyl (C=O) groups excluding carboxylic acids is 1. The molecule has 33 heavy (non-hydrogen) atoms. The van der Waals surface area contributed by atoms with E-state index in [9.17, 15) is 26.4 Å². The maximum atomic E-state index is 13.0. The number of halogens is 4. The third-order valence-corrected chi connectivity index (χ3v) is 6.39. The van der Waals surface area contributed by atoms with Gasteiger partial charge in [-0.25, -0.2) is 8.42 Å². The number of hydrogen-bond donors (Lipinski definition) is 1. The Hall–Kier alpha value is -3.04. The number of amides is 1. The predicted octanol–water partition coefficient (Wildman–Crippen LogP) is 5.89. The first kappa shape index (κ1) is 24.6. The highest BCUT2D eigenvalue weighted by molar-refractivity contribution is 7.92. The number of anilines is 2. The minimum absolute atomic E-state index is 0.0712. The Morgan fingerprint density at radius 2 is 1.67 bits per heavy atom. The molecule has 0 spiro atoms. The van der Waals surface area contributed by atoms with Gasteiger partial charge >= 0.3 is 6.18 Å². The first-order valence-electron chi connectivity index (χ1n) is 9.66. The number of nitrogens with one attached hydrogen (secondary N) is 1. The van der Waals surface area contributed by atoms with Crippen molar-refractivity contribution in [2.75, 3.05) is 15.9 Å². The highest BCUT2D eigenvalue weighted by Gasteiger charge is 2.33. The molecule has 1 N–H and O–H groups in total. The van der Waals surface area contributed by atoms with Crippen LogP contribution in [0.5, 0.6) is 0 Å². The van der Waals surface area contributed by atoms with E-state index in [-0.39, 0.29) is 17.8 Å². The molecule has 0 fully saturated rings. The van der Waals surface area contributed by atoms with Crippen molar-refractivity contribution in [3.05, 3.63) is 94.0 Å². The molecule has 0 aromatic heterocycles. The van der Waals surface area contributed by atoms with Crippen LogP contribution in [0.2, 0.25) is 5.02 Å². The van der Waals surface area contributed by atoms with E-state index in [1.165, 1.54) is 34.6 Å². The van der Waals surface area contributed by atoms with Crippen molar-refractivity contribution in [2.45, 2.75) is 19.6 Å². The molecule has 10 heteroatoms. The fourth-order valence-electron chi connectivity index (χ4n) is 3.14. The summed E-state index contributed by atoms with van der Waals surface area (Å²) in [5.74, 6) is -0.651. The minimum atomic E-state index is -4.66. The lowest BCUT2D eigenvalue weighted by atomic mass is 10.1. The number of carbonyl (C=O) groups is 1. The Bertz CT molecular complexity index is 1280. The molecule has 0 atom stereocenters. The van der Waals surface area contributed by atoms with Crippen LogP contribution in [0.4, 0.5) is 24.5 Å². The van der Waals surface area contributed by atoms with Gasteiger partial charge in [-0.3, -0.25) is 9.10 Å². The van der Waals surface area contributed by atoms with Crippen molar-refractivity contribution in [1.29, 1.82) is 0 Å². The molecule has 3 aromatic carbocycles. The molecule has 3 rings (SSSR count). The third kappa shape index (κ3) is 6.06. The Kier molecular flexibility index (Phi) is 7.04. The quantitative estimate of drug-likeness (QED) is 0.463. The summed E-state index contributed by atoms with van der Waals surface area (Å²) >= 11 is 5.60. The summed E-state index contributed by atoms with van der Waals surface area (Å²) in [6.07, 6.45) is -3.57. The fraction of sp³-hybridized carbons (Fsp3) is 0.174. The van der Waals surface area contributed by atoms with Gasteiger partial charge in [0, 0.05) is 11.3 Å². The molecule has 5 nitrogen and oxygen atoms in total. The van der Waals surface area contributed by atoms with Gasteiger partial charge in [0.05, 0.1) is 29.1 Å². The van der Waals surface area contributed by atoms with E-state index in [1.54, 1.807) is 0 Å². The van der Waals surface area contributed by atoms with Crippen LogP contribution in [-0.2, 0) is 22.7 Å². The van der Waals surface area contributed by atoms with Crippen molar-refractivity contribution in [3.63, 3.8) is 0 Å². The van der Waals surface area contributed by atoms with E-state index >= 15 is 0 Å². The normalized spacial score (nSPS) is 11.8. The van der Waals surface area contributed by atoms with Gasteiger partial charge in [-0.05, 0) is 60.5 Å². The zero-order chi connectivity index (χ0) is 24.4. The maximum absolute atomic E-state index is 13.0. The predicted molar refractivity (Wildman–Crippen MR) is 123 cm³/mol. The highest BCUT2D eigenvalue weighted by Crippen LogP contribution is 2.36. The molecule has 0 bridgehead atoms. The van der Waals surface area contributed by atoms with E-state index in [1.807, 2.05) is 31.2 Å². The van der Waals surface area contributed by atoms with E-state index in [0.717, 1.165) is 29.5 Å². The zero-order valence-corrected chi connectivity index (χ0v) is 19.2. The lowest BCUT2D eigenvalue weighted by molar-refractivity contribution is -0.137. The second kappa shape index (κ2) is 9.44. The topological polar surface area (TPSA) is 66.5 Å². The number of hydrogen-bond acceptors (Lipinski definition) is 3. The number of sulfonamides is 1. The minimum Gasteiger partial charge on any atom is -0.322 e. The molecule has 0 unspecified atom stereocenters. The van der Waals surface area contributed by atoms with Crippen LogP contribution < -0.4 is 9.62 Å². The van der Waals surface area contributed by atoms with Crippen LogP contribution in [-0.4, -0.2) is 20.6 Å². The van der Waals surface area contributed by atoms with E-state index in [2.05, 4.69) is 5.32 Å². The maximum Gasteiger partial charge on any atom is 0.417 e. The molecular weight excluding hydrogens is 477 g/mol. The van der Waals surface area contributed by atoms with Gasteiger partial charge in [-0.2, -0.15) is 13.2 Å². The van der Waals surface area contributed by atoms with Crippen molar-refractivity contribution in [1.82, 2.24) is 0 Å². The van der Waals surface area contributed by atoms with Crippen molar-refractivity contribution >= 4 is 38.9 Å². The van der Waals surface area contributed by atoms with Crippen LogP contribution in [0.25, 0.3) is 0 Å². The first-order valence-corrected chi connectivity index (χ1v) is 11.9. The van der Waals surface area contributed by atoms with Gasteiger partial charge in [-0.1, -0.05) is 35.9 Å². The Morgan fingerprint density at radius 3 is 2.24 bits per heavy atom. The standard InChI is InChI=1S/C23H20ClF3N2O3S/c1-15-5-3-4-6-17(15)14-29(33(2,31)32)19-10-7-16(8-11-19)22(30)28-18-9-12-21(24)20(13-18)23(25,26)27/h3-13H,14H2,1-2H3,(H,28,30). The lowest BCUT2D eigenvalue weighted by Crippen LogP contribution is -2.29. The summed E-state index contributed by atoms with van der Waals surface area (Å²) in [5.41, 5.74) is 1.13. The van der Waals surface area contributed by atoms with E-state index in [4.69, 9.17) is 11.6 Å². The van der Waals surface area contributed by atoms with Crippen molar-refractivity contribution < 1.29 is 26.4 Å². The summed E-state index contributed by atoms with van der Waals surface area (Å²) in [6, 6.07) is 16.2. The van der Waals surface area contributed by atoms with Crippen LogP contribution in [0, 0.1) is 6.92 Å². The molecule has 1 amide bonds. The number of alkyl halides is 3. The Balaban J connectivity index is 1.82. The van der Waals surface area contributed by atoms with Gasteiger partial charge < -0.3 is 5.32 Å². The van der Waals surface area contributed by atoms with Gasteiger partial charge in [-0.15, -0.1) is 0 Å². The summed E-state index contributed by atoms with van der Waals surface area (Å²) in [7, 11) is -3.62. The molecule has 0 saturated carbocycles. The Morgan fingerprint density at radius 1 is 1.03 bits per heavy atom. The average molecular weight is 497 g/mol. The summed E-state index contributed by atoms with van der Waals surface area (Å²) in [4.78, 5) is 12.5. The lowest BCUT2D eigenvalue weighted by Gasteiger charge is -2.23. The van der Waals surface area contributed by atoms with Crippen LogP contribution >= 0.6 is 11.6 Å². The Labute approximate surface area is 194 Å². The fourth-order valence-corrected chi connectivity index (χ4v) is 4.25. The summed E-state index contributed by atoms with van der Waals surface area (Å²) in [5, 5.41) is 1.92. The molecule has 0 radical (unpaired) electrons. The number of aryl methyl sites for hydroxylation is 1. The van der Waals surface area contributed by atoms with Crippen molar-refractivity contribution in [3.8, 4) is 0 Å². The second-order valence-corrected chi connectivity index (χ2v) is 9.70. The third-order valence-electron chi connectivity index (χ3n) is 4.92. The molecule has 0 saturated heterocycles. The second-order valence-electron chi connectivity index (χ2n) is 7.39. The van der Waals surface area contributed by atoms with Gasteiger partial charge in [0.15, 0.2) is 0 Å². The van der Waals surface area contributed by atoms with Gasteiger partial charge in [0.2, 0.25) is 10.0 Å².